The summed E-state index contributed by atoms with van der Waals surface area (Å²) in [7, 11) is -3.81. The van der Waals surface area contributed by atoms with Crippen LogP contribution in [0.2, 0.25) is 0 Å². The first-order chi connectivity index (χ1) is 12.3. The van der Waals surface area contributed by atoms with Gasteiger partial charge in [-0.1, -0.05) is 23.8 Å². The number of halogens is 2. The molecule has 0 aliphatic carbocycles. The Balaban J connectivity index is 1.67. The molecule has 0 atom stereocenters. The predicted molar refractivity (Wildman–Crippen MR) is 96.3 cm³/mol. The van der Waals surface area contributed by atoms with Crippen molar-refractivity contribution in [2.24, 2.45) is 0 Å². The summed E-state index contributed by atoms with van der Waals surface area (Å²) in [6.07, 6.45) is 0. The third-order valence-electron chi connectivity index (χ3n) is 4.76. The minimum absolute atomic E-state index is 0.209. The van der Waals surface area contributed by atoms with Crippen molar-refractivity contribution in [2.45, 2.75) is 25.3 Å². The second-order valence-electron chi connectivity index (χ2n) is 6.69. The van der Waals surface area contributed by atoms with E-state index in [0.29, 0.717) is 26.2 Å². The molecule has 0 unspecified atom stereocenters. The Morgan fingerprint density at radius 1 is 0.923 bits per heavy atom. The SMILES string of the molecule is Cc1ccc(C)c(CN2CCN(S(=O)(=O)c3ccc(F)c(F)c3)CC2)c1. The third-order valence-corrected chi connectivity index (χ3v) is 6.65. The number of piperazine rings is 1. The molecule has 26 heavy (non-hydrogen) atoms. The van der Waals surface area contributed by atoms with Gasteiger partial charge in [-0.15, -0.1) is 0 Å². The molecule has 0 N–H and O–H groups in total. The lowest BCUT2D eigenvalue weighted by molar-refractivity contribution is 0.181. The van der Waals surface area contributed by atoms with E-state index in [0.717, 1.165) is 24.7 Å². The minimum Gasteiger partial charge on any atom is -0.296 e. The molecule has 2 aromatic carbocycles. The smallest absolute Gasteiger partial charge is 0.243 e. The van der Waals surface area contributed by atoms with Crippen molar-refractivity contribution in [3.63, 3.8) is 0 Å². The van der Waals surface area contributed by atoms with E-state index in [1.807, 2.05) is 0 Å². The highest BCUT2D eigenvalue weighted by Gasteiger charge is 2.29. The number of nitrogens with zero attached hydrogens (tertiary/aromatic N) is 2. The lowest BCUT2D eigenvalue weighted by atomic mass is 10.1. The zero-order valence-electron chi connectivity index (χ0n) is 14.9. The van der Waals surface area contributed by atoms with Gasteiger partial charge in [0.1, 0.15) is 0 Å². The van der Waals surface area contributed by atoms with Crippen molar-refractivity contribution >= 4 is 10.0 Å². The molecule has 7 heteroatoms. The van der Waals surface area contributed by atoms with Crippen molar-refractivity contribution in [3.05, 3.63) is 64.7 Å². The average Bonchev–Trinajstić information content (AvgIpc) is 2.61. The maximum atomic E-state index is 13.4. The van der Waals surface area contributed by atoms with Crippen molar-refractivity contribution in [1.82, 2.24) is 9.21 Å². The van der Waals surface area contributed by atoms with Crippen LogP contribution in [0.4, 0.5) is 8.78 Å². The molecule has 0 radical (unpaired) electrons. The van der Waals surface area contributed by atoms with E-state index in [-0.39, 0.29) is 4.90 Å². The average molecular weight is 380 g/mol. The largest absolute Gasteiger partial charge is 0.296 e. The van der Waals surface area contributed by atoms with Gasteiger partial charge in [0.15, 0.2) is 11.6 Å². The van der Waals surface area contributed by atoms with Gasteiger partial charge in [-0.2, -0.15) is 4.31 Å². The first kappa shape index (κ1) is 18.9. The van der Waals surface area contributed by atoms with E-state index >= 15 is 0 Å². The highest BCUT2D eigenvalue weighted by atomic mass is 32.2. The van der Waals surface area contributed by atoms with Crippen LogP contribution in [0.5, 0.6) is 0 Å². The molecule has 0 saturated carbocycles. The Hall–Kier alpha value is -1.83. The van der Waals surface area contributed by atoms with Crippen molar-refractivity contribution in [1.29, 1.82) is 0 Å². The number of rotatable bonds is 4. The molecule has 0 amide bonds. The second-order valence-corrected chi connectivity index (χ2v) is 8.62. The summed E-state index contributed by atoms with van der Waals surface area (Å²) >= 11 is 0. The number of hydrogen-bond donors (Lipinski definition) is 0. The molecular weight excluding hydrogens is 358 g/mol. The maximum absolute atomic E-state index is 13.4. The molecule has 0 spiro atoms. The summed E-state index contributed by atoms with van der Waals surface area (Å²) in [5.74, 6) is -2.21. The van der Waals surface area contributed by atoms with Crippen LogP contribution in [-0.2, 0) is 16.6 Å². The Bertz CT molecular complexity index is 908. The lowest BCUT2D eigenvalue weighted by Gasteiger charge is -2.34. The van der Waals surface area contributed by atoms with Crippen molar-refractivity contribution in [3.8, 4) is 0 Å². The molecule has 1 aliphatic rings. The molecule has 1 saturated heterocycles. The van der Waals surface area contributed by atoms with E-state index in [1.54, 1.807) is 0 Å². The molecule has 3 rings (SSSR count). The molecular formula is C19H22F2N2O2S. The van der Waals surface area contributed by atoms with Gasteiger partial charge in [0.05, 0.1) is 4.90 Å². The Morgan fingerprint density at radius 3 is 2.27 bits per heavy atom. The number of sulfonamides is 1. The fraction of sp³-hybridized carbons (Fsp3) is 0.368. The zero-order valence-corrected chi connectivity index (χ0v) is 15.7. The van der Waals surface area contributed by atoms with Crippen LogP contribution in [0.25, 0.3) is 0 Å². The molecule has 1 heterocycles. The van der Waals surface area contributed by atoms with Gasteiger partial charge in [0, 0.05) is 32.7 Å². The monoisotopic (exact) mass is 380 g/mol. The quantitative estimate of drug-likeness (QED) is 0.819. The highest BCUT2D eigenvalue weighted by molar-refractivity contribution is 7.89. The van der Waals surface area contributed by atoms with E-state index in [4.69, 9.17) is 0 Å². The number of benzene rings is 2. The van der Waals surface area contributed by atoms with E-state index in [9.17, 15) is 17.2 Å². The molecule has 1 fully saturated rings. The zero-order chi connectivity index (χ0) is 18.9. The van der Waals surface area contributed by atoms with Gasteiger partial charge < -0.3 is 0 Å². The minimum atomic E-state index is -3.81. The normalized spacial score (nSPS) is 16.8. The van der Waals surface area contributed by atoms with Crippen molar-refractivity contribution < 1.29 is 17.2 Å². The van der Waals surface area contributed by atoms with E-state index in [1.165, 1.54) is 21.0 Å². The van der Waals surface area contributed by atoms with Crippen LogP contribution >= 0.6 is 0 Å². The Morgan fingerprint density at radius 2 is 1.62 bits per heavy atom. The predicted octanol–water partition coefficient (Wildman–Crippen LogP) is 3.09. The molecule has 2 aromatic rings. The van der Waals surface area contributed by atoms with Crippen LogP contribution in [0.15, 0.2) is 41.3 Å². The summed E-state index contributed by atoms with van der Waals surface area (Å²) in [6.45, 7) is 6.73. The van der Waals surface area contributed by atoms with Crippen molar-refractivity contribution in [2.75, 3.05) is 26.2 Å². The van der Waals surface area contributed by atoms with Crippen LogP contribution in [-0.4, -0.2) is 43.8 Å². The number of aryl methyl sites for hydroxylation is 2. The van der Waals surface area contributed by atoms with Crippen LogP contribution < -0.4 is 0 Å². The molecule has 0 bridgehead atoms. The van der Waals surface area contributed by atoms with Gasteiger partial charge in [-0.25, -0.2) is 17.2 Å². The molecule has 0 aromatic heterocycles. The topological polar surface area (TPSA) is 40.6 Å². The maximum Gasteiger partial charge on any atom is 0.243 e. The summed E-state index contributed by atoms with van der Waals surface area (Å²) in [6, 6.07) is 9.02. The summed E-state index contributed by atoms with van der Waals surface area (Å²) in [4.78, 5) is 2.00. The second kappa shape index (κ2) is 7.42. The highest BCUT2D eigenvalue weighted by Crippen LogP contribution is 2.21. The first-order valence-electron chi connectivity index (χ1n) is 8.51. The van der Waals surface area contributed by atoms with Gasteiger partial charge in [0.25, 0.3) is 0 Å². The standard InChI is InChI=1S/C19H22F2N2O2S/c1-14-3-4-15(2)16(11-14)13-22-7-9-23(10-8-22)26(24,25)17-5-6-18(20)19(21)12-17/h3-6,11-12H,7-10,13H2,1-2H3. The van der Waals surface area contributed by atoms with E-state index < -0.39 is 21.7 Å². The Labute approximate surface area is 153 Å². The Kier molecular flexibility index (Phi) is 5.41. The molecule has 1 aliphatic heterocycles. The van der Waals surface area contributed by atoms with Gasteiger partial charge in [0.2, 0.25) is 10.0 Å². The summed E-state index contributed by atoms with van der Waals surface area (Å²) < 4.78 is 53.0. The summed E-state index contributed by atoms with van der Waals surface area (Å²) in [5, 5.41) is 0. The van der Waals surface area contributed by atoms with E-state index in [2.05, 4.69) is 36.9 Å². The first-order valence-corrected chi connectivity index (χ1v) is 9.95. The fourth-order valence-corrected chi connectivity index (χ4v) is 4.56. The van der Waals surface area contributed by atoms with Crippen LogP contribution in [0, 0.1) is 25.5 Å². The van der Waals surface area contributed by atoms with Gasteiger partial charge >= 0.3 is 0 Å². The molecule has 4 nitrogen and oxygen atoms in total. The van der Waals surface area contributed by atoms with Gasteiger partial charge in [-0.3, -0.25) is 4.90 Å². The van der Waals surface area contributed by atoms with Gasteiger partial charge in [-0.05, 0) is 43.2 Å². The van der Waals surface area contributed by atoms with Crippen LogP contribution in [0.1, 0.15) is 16.7 Å². The summed E-state index contributed by atoms with van der Waals surface area (Å²) in [5.41, 5.74) is 3.65. The molecule has 140 valence electrons. The lowest BCUT2D eigenvalue weighted by Crippen LogP contribution is -2.48. The number of hydrogen-bond acceptors (Lipinski definition) is 3. The third kappa shape index (κ3) is 3.95. The fourth-order valence-electron chi connectivity index (χ4n) is 3.13. The van der Waals surface area contributed by atoms with Crippen LogP contribution in [0.3, 0.4) is 0 Å².